The summed E-state index contributed by atoms with van der Waals surface area (Å²) in [4.78, 5) is 0. The summed E-state index contributed by atoms with van der Waals surface area (Å²) in [5.41, 5.74) is 0.201. The standard InChI is InChI=1S/C15H26O/c1-9(2)11-6-5-10(3)15-8-7-14(4,16)13(15)12(11)15/h9-13,16H,5-8H2,1-4H3/t10-,11+,12-,13?,14-,15-/m1/s1. The van der Waals surface area contributed by atoms with Crippen LogP contribution in [0.3, 0.4) is 0 Å². The lowest BCUT2D eigenvalue weighted by molar-refractivity contribution is 0.0291. The average Bonchev–Trinajstić information content (AvgIpc) is 2.79. The molecule has 0 bridgehead atoms. The van der Waals surface area contributed by atoms with Crippen molar-refractivity contribution >= 4 is 0 Å². The highest BCUT2D eigenvalue weighted by molar-refractivity contribution is 5.26. The zero-order chi connectivity index (χ0) is 11.7. The molecule has 0 heterocycles. The van der Waals surface area contributed by atoms with Crippen LogP contribution in [-0.4, -0.2) is 10.7 Å². The van der Waals surface area contributed by atoms with Gasteiger partial charge >= 0.3 is 0 Å². The average molecular weight is 222 g/mol. The first kappa shape index (κ1) is 11.1. The molecule has 3 saturated carbocycles. The minimum absolute atomic E-state index is 0.351. The van der Waals surface area contributed by atoms with Crippen molar-refractivity contribution < 1.29 is 5.11 Å². The summed E-state index contributed by atoms with van der Waals surface area (Å²) in [5, 5.41) is 10.5. The molecular weight excluding hydrogens is 196 g/mol. The van der Waals surface area contributed by atoms with Crippen LogP contribution in [0.1, 0.15) is 53.4 Å². The minimum atomic E-state index is -0.351. The molecule has 0 aliphatic heterocycles. The van der Waals surface area contributed by atoms with Gasteiger partial charge in [-0.3, -0.25) is 0 Å². The highest BCUT2D eigenvalue weighted by Gasteiger charge is 2.77. The second-order valence-corrected chi connectivity index (χ2v) is 7.36. The molecule has 1 unspecified atom stereocenters. The van der Waals surface area contributed by atoms with E-state index in [-0.39, 0.29) is 5.60 Å². The second kappa shape index (κ2) is 3.04. The van der Waals surface area contributed by atoms with E-state index < -0.39 is 0 Å². The van der Waals surface area contributed by atoms with Crippen LogP contribution in [0.15, 0.2) is 0 Å². The molecule has 3 aliphatic carbocycles. The molecular formula is C15H26O. The molecule has 0 radical (unpaired) electrons. The predicted molar refractivity (Wildman–Crippen MR) is 66.0 cm³/mol. The molecule has 0 aromatic rings. The van der Waals surface area contributed by atoms with Crippen molar-refractivity contribution in [2.75, 3.05) is 0 Å². The summed E-state index contributed by atoms with van der Waals surface area (Å²) in [5.74, 6) is 4.01. The van der Waals surface area contributed by atoms with Crippen LogP contribution in [0.2, 0.25) is 0 Å². The topological polar surface area (TPSA) is 20.2 Å². The van der Waals surface area contributed by atoms with Crippen molar-refractivity contribution in [2.45, 2.75) is 59.0 Å². The van der Waals surface area contributed by atoms with Crippen molar-refractivity contribution in [3.05, 3.63) is 0 Å². The first-order valence-electron chi connectivity index (χ1n) is 7.13. The van der Waals surface area contributed by atoms with Gasteiger partial charge in [0, 0.05) is 0 Å². The van der Waals surface area contributed by atoms with E-state index in [9.17, 15) is 5.11 Å². The van der Waals surface area contributed by atoms with E-state index in [2.05, 4.69) is 27.7 Å². The minimum Gasteiger partial charge on any atom is -0.390 e. The van der Waals surface area contributed by atoms with Gasteiger partial charge in [-0.25, -0.2) is 0 Å². The van der Waals surface area contributed by atoms with Crippen molar-refractivity contribution in [3.63, 3.8) is 0 Å². The van der Waals surface area contributed by atoms with Crippen LogP contribution in [-0.2, 0) is 0 Å². The zero-order valence-electron chi connectivity index (χ0n) is 11.2. The smallest absolute Gasteiger partial charge is 0.0656 e. The van der Waals surface area contributed by atoms with Gasteiger partial charge in [-0.1, -0.05) is 20.8 Å². The fraction of sp³-hybridized carbons (Fsp3) is 1.00. The maximum atomic E-state index is 10.5. The van der Waals surface area contributed by atoms with Crippen molar-refractivity contribution in [2.24, 2.45) is 35.0 Å². The molecule has 0 aromatic heterocycles. The van der Waals surface area contributed by atoms with E-state index in [0.717, 1.165) is 30.1 Å². The Bertz CT molecular complexity index is 307. The van der Waals surface area contributed by atoms with E-state index in [1.54, 1.807) is 0 Å². The third kappa shape index (κ3) is 1.11. The molecule has 1 nitrogen and oxygen atoms in total. The van der Waals surface area contributed by atoms with Crippen LogP contribution >= 0.6 is 0 Å². The molecule has 3 fully saturated rings. The number of hydrogen-bond acceptors (Lipinski definition) is 1. The lowest BCUT2D eigenvalue weighted by atomic mass is 9.69. The highest BCUT2D eigenvalue weighted by Crippen LogP contribution is 2.80. The molecule has 0 saturated heterocycles. The summed E-state index contributed by atoms with van der Waals surface area (Å²) in [6.45, 7) is 9.27. The molecule has 1 N–H and O–H groups in total. The van der Waals surface area contributed by atoms with Gasteiger partial charge in [0.25, 0.3) is 0 Å². The number of rotatable bonds is 1. The largest absolute Gasteiger partial charge is 0.390 e. The van der Waals surface area contributed by atoms with Crippen molar-refractivity contribution in [1.82, 2.24) is 0 Å². The van der Waals surface area contributed by atoms with Crippen molar-refractivity contribution in [1.29, 1.82) is 0 Å². The monoisotopic (exact) mass is 222 g/mol. The van der Waals surface area contributed by atoms with Crippen LogP contribution in [0.25, 0.3) is 0 Å². The fourth-order valence-electron chi connectivity index (χ4n) is 5.57. The van der Waals surface area contributed by atoms with E-state index in [1.165, 1.54) is 19.3 Å². The van der Waals surface area contributed by atoms with E-state index in [0.29, 0.717) is 11.3 Å². The maximum Gasteiger partial charge on any atom is 0.0656 e. The summed E-state index contributed by atoms with van der Waals surface area (Å²) < 4.78 is 0. The number of fused-ring (bicyclic) bond motifs is 1. The predicted octanol–water partition coefficient (Wildman–Crippen LogP) is 3.47. The molecule has 0 amide bonds. The summed E-state index contributed by atoms with van der Waals surface area (Å²) in [6, 6.07) is 0. The van der Waals surface area contributed by atoms with Gasteiger partial charge in [-0.05, 0) is 67.6 Å². The molecule has 3 rings (SSSR count). The first-order chi connectivity index (χ1) is 7.41. The lowest BCUT2D eigenvalue weighted by Crippen LogP contribution is -2.30. The Hall–Kier alpha value is -0.0400. The van der Waals surface area contributed by atoms with Gasteiger partial charge in [-0.15, -0.1) is 0 Å². The normalized spacial score (nSPS) is 59.6. The Morgan fingerprint density at radius 2 is 1.88 bits per heavy atom. The van der Waals surface area contributed by atoms with Crippen molar-refractivity contribution in [3.8, 4) is 0 Å². The van der Waals surface area contributed by atoms with Gasteiger partial charge in [0.1, 0.15) is 0 Å². The Labute approximate surface area is 99.6 Å². The Morgan fingerprint density at radius 1 is 1.19 bits per heavy atom. The maximum absolute atomic E-state index is 10.5. The summed E-state index contributed by atoms with van der Waals surface area (Å²) >= 11 is 0. The van der Waals surface area contributed by atoms with E-state index in [4.69, 9.17) is 0 Å². The van der Waals surface area contributed by atoms with Crippen LogP contribution in [0.5, 0.6) is 0 Å². The third-order valence-electron chi connectivity index (χ3n) is 6.35. The molecule has 92 valence electrons. The second-order valence-electron chi connectivity index (χ2n) is 7.36. The Kier molecular flexibility index (Phi) is 2.11. The highest BCUT2D eigenvalue weighted by atomic mass is 16.3. The van der Waals surface area contributed by atoms with Gasteiger partial charge in [0.2, 0.25) is 0 Å². The molecule has 1 spiro atoms. The molecule has 3 aliphatic rings. The SMILES string of the molecule is CC(C)[C@@H]1CC[C@@H](C)[C@@]23CC[C@@](C)(O)C2[C@@H]13. The zero-order valence-corrected chi connectivity index (χ0v) is 11.2. The van der Waals surface area contributed by atoms with Crippen LogP contribution < -0.4 is 0 Å². The first-order valence-corrected chi connectivity index (χ1v) is 7.13. The third-order valence-corrected chi connectivity index (χ3v) is 6.35. The quantitative estimate of drug-likeness (QED) is 0.720. The van der Waals surface area contributed by atoms with Gasteiger partial charge < -0.3 is 5.11 Å². The number of hydrogen-bond donors (Lipinski definition) is 1. The number of aliphatic hydroxyl groups is 1. The molecule has 0 aromatic carbocycles. The summed E-state index contributed by atoms with van der Waals surface area (Å²) in [6.07, 6.45) is 5.13. The lowest BCUT2D eigenvalue weighted by Gasteiger charge is -2.36. The molecule has 16 heavy (non-hydrogen) atoms. The van der Waals surface area contributed by atoms with Gasteiger partial charge in [-0.2, -0.15) is 0 Å². The van der Waals surface area contributed by atoms with Crippen LogP contribution in [0.4, 0.5) is 0 Å². The Morgan fingerprint density at radius 3 is 2.50 bits per heavy atom. The van der Waals surface area contributed by atoms with E-state index >= 15 is 0 Å². The Balaban J connectivity index is 1.92. The molecule has 1 heteroatoms. The molecule has 6 atom stereocenters. The van der Waals surface area contributed by atoms with Gasteiger partial charge in [0.15, 0.2) is 0 Å². The van der Waals surface area contributed by atoms with E-state index in [1.807, 2.05) is 0 Å². The van der Waals surface area contributed by atoms with Gasteiger partial charge in [0.05, 0.1) is 5.60 Å². The van der Waals surface area contributed by atoms with Crippen LogP contribution in [0, 0.1) is 35.0 Å². The summed E-state index contributed by atoms with van der Waals surface area (Å²) in [7, 11) is 0. The fourth-order valence-corrected chi connectivity index (χ4v) is 5.57.